The largest absolute Gasteiger partial charge is 0.508 e. The standard InChI is InChI=1S/C19H24O2/c1-13-11-17(21)9-10-18(13)19(3,4)12-14(2)15-5-7-16(20)8-6-15/h5-11,14,20-21H,12H2,1-4H3. The number of phenolic OH excluding ortho intramolecular Hbond substituents is 2. The Kier molecular flexibility index (Phi) is 4.26. The molecular weight excluding hydrogens is 260 g/mol. The molecule has 0 fully saturated rings. The van der Waals surface area contributed by atoms with Crippen molar-refractivity contribution in [2.24, 2.45) is 0 Å². The van der Waals surface area contributed by atoms with Crippen LogP contribution in [-0.2, 0) is 5.41 Å². The van der Waals surface area contributed by atoms with Crippen LogP contribution >= 0.6 is 0 Å². The van der Waals surface area contributed by atoms with E-state index in [0.717, 1.165) is 12.0 Å². The Morgan fingerprint density at radius 1 is 0.952 bits per heavy atom. The monoisotopic (exact) mass is 284 g/mol. The minimum absolute atomic E-state index is 0.0229. The SMILES string of the molecule is Cc1cc(O)ccc1C(C)(C)CC(C)c1ccc(O)cc1. The third-order valence-electron chi connectivity index (χ3n) is 4.22. The van der Waals surface area contributed by atoms with Gasteiger partial charge in [0.05, 0.1) is 0 Å². The highest BCUT2D eigenvalue weighted by Gasteiger charge is 2.25. The molecule has 112 valence electrons. The van der Waals surface area contributed by atoms with Crippen molar-refractivity contribution < 1.29 is 10.2 Å². The van der Waals surface area contributed by atoms with E-state index < -0.39 is 0 Å². The summed E-state index contributed by atoms with van der Waals surface area (Å²) in [5.41, 5.74) is 3.65. The molecule has 0 heterocycles. The van der Waals surface area contributed by atoms with Crippen LogP contribution in [0.2, 0.25) is 0 Å². The molecule has 2 aromatic rings. The maximum atomic E-state index is 9.57. The second kappa shape index (κ2) is 5.80. The van der Waals surface area contributed by atoms with Gasteiger partial charge in [0, 0.05) is 0 Å². The van der Waals surface area contributed by atoms with E-state index in [9.17, 15) is 10.2 Å². The lowest BCUT2D eigenvalue weighted by Crippen LogP contribution is -2.21. The molecule has 2 rings (SSSR count). The Morgan fingerprint density at radius 3 is 2.10 bits per heavy atom. The molecule has 0 radical (unpaired) electrons. The maximum Gasteiger partial charge on any atom is 0.115 e. The Hall–Kier alpha value is -1.96. The van der Waals surface area contributed by atoms with E-state index in [2.05, 4.69) is 20.8 Å². The lowest BCUT2D eigenvalue weighted by molar-refractivity contribution is 0.433. The Morgan fingerprint density at radius 2 is 1.52 bits per heavy atom. The summed E-state index contributed by atoms with van der Waals surface area (Å²) in [5.74, 6) is 1.02. The number of hydrogen-bond acceptors (Lipinski definition) is 2. The lowest BCUT2D eigenvalue weighted by atomic mass is 9.74. The average molecular weight is 284 g/mol. The Bertz CT molecular complexity index is 612. The molecule has 2 aromatic carbocycles. The van der Waals surface area contributed by atoms with Gasteiger partial charge in [0.1, 0.15) is 11.5 Å². The summed E-state index contributed by atoms with van der Waals surface area (Å²) in [6, 6.07) is 13.1. The molecule has 0 aliphatic carbocycles. The summed E-state index contributed by atoms with van der Waals surface area (Å²) < 4.78 is 0. The van der Waals surface area contributed by atoms with Gasteiger partial charge in [0.2, 0.25) is 0 Å². The van der Waals surface area contributed by atoms with Gasteiger partial charge in [-0.25, -0.2) is 0 Å². The molecule has 0 aliphatic rings. The van der Waals surface area contributed by atoms with Crippen molar-refractivity contribution in [2.45, 2.75) is 45.4 Å². The van der Waals surface area contributed by atoms with E-state index in [4.69, 9.17) is 0 Å². The average Bonchev–Trinajstić information content (AvgIpc) is 2.38. The number of hydrogen-bond donors (Lipinski definition) is 2. The van der Waals surface area contributed by atoms with Gasteiger partial charge >= 0.3 is 0 Å². The fourth-order valence-electron chi connectivity index (χ4n) is 3.20. The van der Waals surface area contributed by atoms with Crippen molar-refractivity contribution in [3.63, 3.8) is 0 Å². The molecule has 0 saturated heterocycles. The van der Waals surface area contributed by atoms with E-state index in [1.54, 1.807) is 18.2 Å². The fraction of sp³-hybridized carbons (Fsp3) is 0.368. The molecule has 0 aliphatic heterocycles. The minimum Gasteiger partial charge on any atom is -0.508 e. The van der Waals surface area contributed by atoms with Crippen molar-refractivity contribution in [1.82, 2.24) is 0 Å². The normalized spacial score (nSPS) is 13.1. The van der Waals surface area contributed by atoms with E-state index in [-0.39, 0.29) is 5.41 Å². The van der Waals surface area contributed by atoms with E-state index in [1.807, 2.05) is 31.2 Å². The van der Waals surface area contributed by atoms with Crippen LogP contribution in [0, 0.1) is 6.92 Å². The van der Waals surface area contributed by atoms with Crippen LogP contribution in [-0.4, -0.2) is 10.2 Å². The number of phenols is 2. The highest BCUT2D eigenvalue weighted by Crippen LogP contribution is 2.37. The number of aromatic hydroxyl groups is 2. The second-order valence-corrected chi connectivity index (χ2v) is 6.58. The molecule has 2 nitrogen and oxygen atoms in total. The van der Waals surface area contributed by atoms with Crippen molar-refractivity contribution in [3.05, 3.63) is 59.2 Å². The third kappa shape index (κ3) is 3.57. The van der Waals surface area contributed by atoms with Crippen LogP contribution in [0.3, 0.4) is 0 Å². The van der Waals surface area contributed by atoms with Crippen LogP contribution in [0.4, 0.5) is 0 Å². The zero-order valence-corrected chi connectivity index (χ0v) is 13.2. The molecule has 1 atom stereocenters. The number of rotatable bonds is 4. The van der Waals surface area contributed by atoms with Crippen LogP contribution in [0.1, 0.15) is 49.8 Å². The van der Waals surface area contributed by atoms with Crippen molar-refractivity contribution in [3.8, 4) is 11.5 Å². The summed E-state index contributed by atoms with van der Waals surface area (Å²) in [7, 11) is 0. The quantitative estimate of drug-likeness (QED) is 0.840. The predicted molar refractivity (Wildman–Crippen MR) is 87.0 cm³/mol. The van der Waals surface area contributed by atoms with Gasteiger partial charge in [-0.15, -0.1) is 0 Å². The number of benzene rings is 2. The minimum atomic E-state index is 0.0229. The van der Waals surface area contributed by atoms with Gasteiger partial charge in [-0.2, -0.15) is 0 Å². The molecule has 21 heavy (non-hydrogen) atoms. The summed E-state index contributed by atoms with van der Waals surface area (Å²) >= 11 is 0. The summed E-state index contributed by atoms with van der Waals surface area (Å²) in [5, 5.41) is 19.0. The van der Waals surface area contributed by atoms with Crippen LogP contribution in [0.15, 0.2) is 42.5 Å². The third-order valence-corrected chi connectivity index (χ3v) is 4.22. The molecule has 1 unspecified atom stereocenters. The van der Waals surface area contributed by atoms with Gasteiger partial charge in [0.15, 0.2) is 0 Å². The van der Waals surface area contributed by atoms with Crippen molar-refractivity contribution in [2.75, 3.05) is 0 Å². The first kappa shape index (κ1) is 15.4. The molecule has 0 saturated carbocycles. The van der Waals surface area contributed by atoms with E-state index >= 15 is 0 Å². The first-order chi connectivity index (χ1) is 9.79. The van der Waals surface area contributed by atoms with Gasteiger partial charge in [-0.1, -0.05) is 39.0 Å². The fourth-order valence-corrected chi connectivity index (χ4v) is 3.20. The van der Waals surface area contributed by atoms with Crippen LogP contribution < -0.4 is 0 Å². The number of aryl methyl sites for hydroxylation is 1. The summed E-state index contributed by atoms with van der Waals surface area (Å²) in [4.78, 5) is 0. The Balaban J connectivity index is 2.21. The first-order valence-electron chi connectivity index (χ1n) is 7.38. The van der Waals surface area contributed by atoms with Gasteiger partial charge < -0.3 is 10.2 Å². The smallest absolute Gasteiger partial charge is 0.115 e. The maximum absolute atomic E-state index is 9.57. The topological polar surface area (TPSA) is 40.5 Å². The first-order valence-corrected chi connectivity index (χ1v) is 7.38. The van der Waals surface area contributed by atoms with Gasteiger partial charge in [-0.3, -0.25) is 0 Å². The summed E-state index contributed by atoms with van der Waals surface area (Å²) in [6.45, 7) is 8.73. The Labute approximate surface area is 127 Å². The highest BCUT2D eigenvalue weighted by molar-refractivity contribution is 5.39. The van der Waals surface area contributed by atoms with E-state index in [1.165, 1.54) is 11.1 Å². The second-order valence-electron chi connectivity index (χ2n) is 6.58. The molecule has 0 aromatic heterocycles. The molecule has 0 spiro atoms. The predicted octanol–water partition coefficient (Wildman–Crippen LogP) is 4.88. The molecule has 0 bridgehead atoms. The molecule has 2 N–H and O–H groups in total. The van der Waals surface area contributed by atoms with Crippen molar-refractivity contribution in [1.29, 1.82) is 0 Å². The molecular formula is C19H24O2. The highest BCUT2D eigenvalue weighted by atomic mass is 16.3. The molecule has 2 heteroatoms. The summed E-state index contributed by atoms with van der Waals surface area (Å²) in [6.07, 6.45) is 1.00. The zero-order chi connectivity index (χ0) is 15.6. The lowest BCUT2D eigenvalue weighted by Gasteiger charge is -2.30. The molecule has 0 amide bonds. The zero-order valence-electron chi connectivity index (χ0n) is 13.2. The van der Waals surface area contributed by atoms with Crippen LogP contribution in [0.25, 0.3) is 0 Å². The van der Waals surface area contributed by atoms with Gasteiger partial charge in [-0.05, 0) is 65.6 Å². The van der Waals surface area contributed by atoms with Crippen LogP contribution in [0.5, 0.6) is 11.5 Å². The van der Waals surface area contributed by atoms with E-state index in [0.29, 0.717) is 17.4 Å². The van der Waals surface area contributed by atoms with Crippen molar-refractivity contribution >= 4 is 0 Å². The van der Waals surface area contributed by atoms with Gasteiger partial charge in [0.25, 0.3) is 0 Å².